The van der Waals surface area contributed by atoms with Crippen molar-refractivity contribution in [1.82, 2.24) is 5.32 Å². The summed E-state index contributed by atoms with van der Waals surface area (Å²) in [5.41, 5.74) is 1.10. The van der Waals surface area contributed by atoms with Crippen LogP contribution in [-0.2, 0) is 4.79 Å². The first-order valence-corrected chi connectivity index (χ1v) is 8.70. The first-order valence-electron chi connectivity index (χ1n) is 7.71. The normalized spacial score (nSPS) is 12.0. The number of carbonyl (C=O) groups excluding carboxylic acids is 1. The van der Waals surface area contributed by atoms with Gasteiger partial charge in [0.15, 0.2) is 0 Å². The third kappa shape index (κ3) is 5.32. The summed E-state index contributed by atoms with van der Waals surface area (Å²) < 4.78 is 5.19. The van der Waals surface area contributed by atoms with Crippen LogP contribution in [0.15, 0.2) is 59.5 Å². The number of hydrogen-bond donors (Lipinski definition) is 1. The van der Waals surface area contributed by atoms with Gasteiger partial charge >= 0.3 is 0 Å². The number of benzene rings is 2. The van der Waals surface area contributed by atoms with Gasteiger partial charge in [0.25, 0.3) is 0 Å². The second kappa shape index (κ2) is 8.63. The lowest BCUT2D eigenvalue weighted by molar-refractivity contribution is -0.119. The van der Waals surface area contributed by atoms with Crippen LogP contribution < -0.4 is 10.1 Å². The molecule has 0 heterocycles. The minimum absolute atomic E-state index is 0.00443. The SMILES string of the molecule is COc1ccc(C(NC(=O)CSc2ccccc2)C(C)C)cc1. The van der Waals surface area contributed by atoms with Gasteiger partial charge in [-0.25, -0.2) is 0 Å². The molecule has 0 aromatic heterocycles. The lowest BCUT2D eigenvalue weighted by Crippen LogP contribution is -2.32. The summed E-state index contributed by atoms with van der Waals surface area (Å²) in [4.78, 5) is 13.4. The Morgan fingerprint density at radius 2 is 1.74 bits per heavy atom. The minimum Gasteiger partial charge on any atom is -0.497 e. The van der Waals surface area contributed by atoms with Crippen molar-refractivity contribution in [3.8, 4) is 5.75 Å². The van der Waals surface area contributed by atoms with Crippen molar-refractivity contribution in [3.05, 3.63) is 60.2 Å². The number of nitrogens with one attached hydrogen (secondary N) is 1. The zero-order valence-electron chi connectivity index (χ0n) is 13.8. The Balaban J connectivity index is 1.96. The van der Waals surface area contributed by atoms with Gasteiger partial charge in [0.05, 0.1) is 18.9 Å². The molecule has 1 amide bonds. The van der Waals surface area contributed by atoms with E-state index in [0.717, 1.165) is 16.2 Å². The zero-order chi connectivity index (χ0) is 16.7. The fourth-order valence-electron chi connectivity index (χ4n) is 2.33. The second-order valence-electron chi connectivity index (χ2n) is 5.66. The Kier molecular flexibility index (Phi) is 6.53. The molecule has 4 heteroatoms. The number of amides is 1. The third-order valence-electron chi connectivity index (χ3n) is 3.57. The van der Waals surface area contributed by atoms with Gasteiger partial charge in [-0.05, 0) is 35.7 Å². The van der Waals surface area contributed by atoms with E-state index in [-0.39, 0.29) is 11.9 Å². The number of rotatable bonds is 7. The van der Waals surface area contributed by atoms with Gasteiger partial charge in [0.2, 0.25) is 5.91 Å². The fourth-order valence-corrected chi connectivity index (χ4v) is 3.06. The van der Waals surface area contributed by atoms with Crippen LogP contribution in [0.1, 0.15) is 25.5 Å². The van der Waals surface area contributed by atoms with E-state index in [2.05, 4.69) is 19.2 Å². The Bertz CT molecular complexity index is 611. The molecule has 2 rings (SSSR count). The van der Waals surface area contributed by atoms with Crippen molar-refractivity contribution in [3.63, 3.8) is 0 Å². The highest BCUT2D eigenvalue weighted by molar-refractivity contribution is 8.00. The maximum atomic E-state index is 12.3. The summed E-state index contributed by atoms with van der Waals surface area (Å²) in [6.45, 7) is 4.22. The molecule has 23 heavy (non-hydrogen) atoms. The number of hydrogen-bond acceptors (Lipinski definition) is 3. The number of methoxy groups -OCH3 is 1. The standard InChI is InChI=1S/C19H23NO2S/c1-14(2)19(15-9-11-16(22-3)12-10-15)20-18(21)13-23-17-7-5-4-6-8-17/h4-12,14,19H,13H2,1-3H3,(H,20,21). The van der Waals surface area contributed by atoms with Crippen molar-refractivity contribution >= 4 is 17.7 Å². The highest BCUT2D eigenvalue weighted by atomic mass is 32.2. The lowest BCUT2D eigenvalue weighted by Gasteiger charge is -2.23. The Labute approximate surface area is 142 Å². The quantitative estimate of drug-likeness (QED) is 0.770. The van der Waals surface area contributed by atoms with Crippen LogP contribution in [0.5, 0.6) is 5.75 Å². The van der Waals surface area contributed by atoms with Crippen LogP contribution in [0.25, 0.3) is 0 Å². The first kappa shape index (κ1) is 17.4. The molecule has 0 fully saturated rings. The lowest BCUT2D eigenvalue weighted by atomic mass is 9.96. The molecule has 0 spiro atoms. The summed E-state index contributed by atoms with van der Waals surface area (Å²) >= 11 is 1.55. The molecule has 0 saturated carbocycles. The van der Waals surface area contributed by atoms with E-state index >= 15 is 0 Å². The predicted octanol–water partition coefficient (Wildman–Crippen LogP) is 4.30. The number of thioether (sulfide) groups is 1. The van der Waals surface area contributed by atoms with E-state index in [0.29, 0.717) is 11.7 Å². The van der Waals surface area contributed by atoms with Crippen molar-refractivity contribution in [2.24, 2.45) is 5.92 Å². The average molecular weight is 329 g/mol. The van der Waals surface area contributed by atoms with Crippen LogP contribution in [0.3, 0.4) is 0 Å². The average Bonchev–Trinajstić information content (AvgIpc) is 2.58. The smallest absolute Gasteiger partial charge is 0.230 e. The van der Waals surface area contributed by atoms with Gasteiger partial charge in [-0.2, -0.15) is 0 Å². The fraction of sp³-hybridized carbons (Fsp3) is 0.316. The molecule has 2 aromatic rings. The molecule has 2 aromatic carbocycles. The molecule has 1 atom stereocenters. The number of carbonyl (C=O) groups is 1. The van der Waals surface area contributed by atoms with Gasteiger partial charge in [-0.1, -0.05) is 44.2 Å². The van der Waals surface area contributed by atoms with Crippen molar-refractivity contribution in [2.75, 3.05) is 12.9 Å². The summed E-state index contributed by atoms with van der Waals surface area (Å²) in [5, 5.41) is 3.14. The van der Waals surface area contributed by atoms with E-state index < -0.39 is 0 Å². The van der Waals surface area contributed by atoms with Gasteiger partial charge in [0, 0.05) is 4.90 Å². The molecule has 0 bridgehead atoms. The van der Waals surface area contributed by atoms with Crippen LogP contribution in [-0.4, -0.2) is 18.8 Å². The van der Waals surface area contributed by atoms with Gasteiger partial charge in [-0.15, -0.1) is 11.8 Å². The van der Waals surface area contributed by atoms with Crippen molar-refractivity contribution in [1.29, 1.82) is 0 Å². The molecule has 1 unspecified atom stereocenters. The Morgan fingerprint density at radius 3 is 2.30 bits per heavy atom. The molecule has 0 saturated heterocycles. The molecular weight excluding hydrogens is 306 g/mol. The highest BCUT2D eigenvalue weighted by Crippen LogP contribution is 2.24. The molecule has 0 aliphatic carbocycles. The van der Waals surface area contributed by atoms with E-state index in [9.17, 15) is 4.79 Å². The van der Waals surface area contributed by atoms with Gasteiger partial charge in [-0.3, -0.25) is 4.79 Å². The first-order chi connectivity index (χ1) is 11.1. The maximum Gasteiger partial charge on any atom is 0.230 e. The van der Waals surface area contributed by atoms with E-state index in [1.54, 1.807) is 18.9 Å². The summed E-state index contributed by atoms with van der Waals surface area (Å²) in [6, 6.07) is 17.8. The largest absolute Gasteiger partial charge is 0.497 e. The van der Waals surface area contributed by atoms with Crippen molar-refractivity contribution in [2.45, 2.75) is 24.8 Å². The van der Waals surface area contributed by atoms with Crippen molar-refractivity contribution < 1.29 is 9.53 Å². The Morgan fingerprint density at radius 1 is 1.09 bits per heavy atom. The van der Waals surface area contributed by atoms with Gasteiger partial charge in [0.1, 0.15) is 5.75 Å². The maximum absolute atomic E-state index is 12.3. The molecule has 0 aliphatic rings. The minimum atomic E-state index is 0.00443. The monoisotopic (exact) mass is 329 g/mol. The second-order valence-corrected chi connectivity index (χ2v) is 6.71. The molecule has 3 nitrogen and oxygen atoms in total. The zero-order valence-corrected chi connectivity index (χ0v) is 14.6. The van der Waals surface area contributed by atoms with E-state index in [1.165, 1.54) is 0 Å². The van der Waals surface area contributed by atoms with E-state index in [1.807, 2.05) is 54.6 Å². The summed E-state index contributed by atoms with van der Waals surface area (Å²) in [7, 11) is 1.65. The molecular formula is C19H23NO2S. The highest BCUT2D eigenvalue weighted by Gasteiger charge is 2.18. The number of ether oxygens (including phenoxy) is 1. The Hall–Kier alpha value is -1.94. The molecule has 122 valence electrons. The van der Waals surface area contributed by atoms with E-state index in [4.69, 9.17) is 4.74 Å². The van der Waals surface area contributed by atoms with Crippen LogP contribution in [0.2, 0.25) is 0 Å². The molecule has 1 N–H and O–H groups in total. The third-order valence-corrected chi connectivity index (χ3v) is 4.58. The topological polar surface area (TPSA) is 38.3 Å². The molecule has 0 aliphatic heterocycles. The van der Waals surface area contributed by atoms with Gasteiger partial charge < -0.3 is 10.1 Å². The predicted molar refractivity (Wildman–Crippen MR) is 95.9 cm³/mol. The van der Waals surface area contributed by atoms with Crippen LogP contribution in [0.4, 0.5) is 0 Å². The van der Waals surface area contributed by atoms with Crippen LogP contribution in [0, 0.1) is 5.92 Å². The molecule has 0 radical (unpaired) electrons. The summed E-state index contributed by atoms with van der Waals surface area (Å²) in [5.74, 6) is 1.60. The summed E-state index contributed by atoms with van der Waals surface area (Å²) in [6.07, 6.45) is 0. The van der Waals surface area contributed by atoms with Crippen LogP contribution >= 0.6 is 11.8 Å².